The van der Waals surface area contributed by atoms with Gasteiger partial charge in [-0.1, -0.05) is 0 Å². The summed E-state index contributed by atoms with van der Waals surface area (Å²) in [5.74, 6) is -0.146. The summed E-state index contributed by atoms with van der Waals surface area (Å²) >= 11 is 0. The van der Waals surface area contributed by atoms with E-state index in [1.54, 1.807) is 30.3 Å². The number of hydrogen-bond donors (Lipinski definition) is 1. The van der Waals surface area contributed by atoms with Crippen molar-refractivity contribution in [2.45, 2.75) is 12.5 Å². The van der Waals surface area contributed by atoms with E-state index in [-0.39, 0.29) is 11.3 Å². The van der Waals surface area contributed by atoms with E-state index in [9.17, 15) is 14.7 Å². The summed E-state index contributed by atoms with van der Waals surface area (Å²) in [5.41, 5.74) is 0.388. The van der Waals surface area contributed by atoms with Crippen LogP contribution in [0.5, 0.6) is 11.5 Å². The van der Waals surface area contributed by atoms with E-state index in [0.717, 1.165) is 6.54 Å². The number of carbonyl (C=O) groups excluding carboxylic acids is 2. The number of carbonyl (C=O) groups is 2. The molecule has 1 unspecified atom stereocenters. The SMILES string of the molecule is CN(C)CCCN1C(=O)C(=O)/C(=C(\O)c2ccc3c(c2)OCCO3)C1c1ccco1. The van der Waals surface area contributed by atoms with Crippen molar-refractivity contribution in [3.05, 3.63) is 53.5 Å². The van der Waals surface area contributed by atoms with Crippen molar-refractivity contribution in [2.24, 2.45) is 0 Å². The highest BCUT2D eigenvalue weighted by molar-refractivity contribution is 6.46. The van der Waals surface area contributed by atoms with Crippen molar-refractivity contribution in [1.29, 1.82) is 0 Å². The third kappa shape index (κ3) is 3.66. The number of nitrogens with zero attached hydrogens (tertiary/aromatic N) is 2. The maximum atomic E-state index is 12.9. The van der Waals surface area contributed by atoms with Gasteiger partial charge in [0.25, 0.3) is 11.7 Å². The summed E-state index contributed by atoms with van der Waals surface area (Å²) in [6, 6.07) is 7.55. The van der Waals surface area contributed by atoms with Crippen molar-refractivity contribution in [3.8, 4) is 11.5 Å². The topological polar surface area (TPSA) is 92.5 Å². The second kappa shape index (κ2) is 8.23. The number of fused-ring (bicyclic) bond motifs is 1. The van der Waals surface area contributed by atoms with Gasteiger partial charge in [-0.05, 0) is 57.4 Å². The molecule has 1 saturated heterocycles. The van der Waals surface area contributed by atoms with Crippen LogP contribution in [0.3, 0.4) is 0 Å². The molecule has 1 aromatic carbocycles. The predicted octanol–water partition coefficient (Wildman–Crippen LogP) is 2.42. The molecular weight excluding hydrogens is 388 g/mol. The third-order valence-corrected chi connectivity index (χ3v) is 5.17. The van der Waals surface area contributed by atoms with Crippen LogP contribution in [-0.2, 0) is 9.59 Å². The summed E-state index contributed by atoms with van der Waals surface area (Å²) in [7, 11) is 3.89. The molecule has 4 rings (SSSR count). The fourth-order valence-corrected chi connectivity index (χ4v) is 3.76. The minimum atomic E-state index is -0.782. The van der Waals surface area contributed by atoms with Gasteiger partial charge >= 0.3 is 0 Å². The number of ether oxygens (including phenoxy) is 2. The fraction of sp³-hybridized carbons (Fsp3) is 0.364. The molecule has 2 aromatic rings. The Morgan fingerprint density at radius 1 is 1.17 bits per heavy atom. The summed E-state index contributed by atoms with van der Waals surface area (Å²) in [6.45, 7) is 1.98. The predicted molar refractivity (Wildman–Crippen MR) is 108 cm³/mol. The molecule has 1 atom stereocenters. The normalized spacial score (nSPS) is 20.2. The van der Waals surface area contributed by atoms with Gasteiger partial charge in [-0.15, -0.1) is 0 Å². The van der Waals surface area contributed by atoms with E-state index in [4.69, 9.17) is 13.9 Å². The number of amides is 1. The highest BCUT2D eigenvalue weighted by Gasteiger charge is 2.47. The lowest BCUT2D eigenvalue weighted by Crippen LogP contribution is -2.32. The average Bonchev–Trinajstić information content (AvgIpc) is 3.35. The Balaban J connectivity index is 1.74. The molecule has 0 spiro atoms. The molecule has 158 valence electrons. The van der Waals surface area contributed by atoms with Gasteiger partial charge in [-0.3, -0.25) is 9.59 Å². The average molecular weight is 412 g/mol. The molecule has 30 heavy (non-hydrogen) atoms. The molecule has 3 heterocycles. The number of Topliss-reactive ketones (excluding diaryl/α,β-unsaturated/α-hetero) is 1. The molecule has 2 aliphatic rings. The first kappa shape index (κ1) is 20.0. The third-order valence-electron chi connectivity index (χ3n) is 5.17. The lowest BCUT2D eigenvalue weighted by molar-refractivity contribution is -0.140. The van der Waals surface area contributed by atoms with Gasteiger partial charge in [-0.2, -0.15) is 0 Å². The Morgan fingerprint density at radius 3 is 2.63 bits per heavy atom. The molecule has 1 N–H and O–H groups in total. The molecule has 2 aliphatic heterocycles. The molecule has 1 fully saturated rings. The van der Waals surface area contributed by atoms with E-state index < -0.39 is 17.7 Å². The fourth-order valence-electron chi connectivity index (χ4n) is 3.76. The minimum absolute atomic E-state index is 0.0106. The van der Waals surface area contributed by atoms with Crippen LogP contribution >= 0.6 is 0 Å². The molecule has 0 bridgehead atoms. The largest absolute Gasteiger partial charge is 0.507 e. The summed E-state index contributed by atoms with van der Waals surface area (Å²) in [5, 5.41) is 11.0. The van der Waals surface area contributed by atoms with Crippen LogP contribution in [0, 0.1) is 0 Å². The van der Waals surface area contributed by atoms with Crippen molar-refractivity contribution < 1.29 is 28.6 Å². The monoisotopic (exact) mass is 412 g/mol. The molecule has 8 heteroatoms. The van der Waals surface area contributed by atoms with E-state index in [0.29, 0.717) is 49.0 Å². The molecule has 1 aromatic heterocycles. The van der Waals surface area contributed by atoms with Crippen LogP contribution in [0.4, 0.5) is 0 Å². The van der Waals surface area contributed by atoms with Crippen LogP contribution in [0.25, 0.3) is 5.76 Å². The Kier molecular flexibility index (Phi) is 5.50. The maximum absolute atomic E-state index is 12.9. The zero-order chi connectivity index (χ0) is 21.3. The van der Waals surface area contributed by atoms with Crippen LogP contribution in [0.1, 0.15) is 23.8 Å². The first-order valence-corrected chi connectivity index (χ1v) is 9.84. The number of likely N-dealkylation sites (tertiary alicyclic amines) is 1. The number of aliphatic hydroxyl groups excluding tert-OH is 1. The van der Waals surface area contributed by atoms with E-state index in [2.05, 4.69) is 0 Å². The first-order chi connectivity index (χ1) is 14.5. The highest BCUT2D eigenvalue weighted by Crippen LogP contribution is 2.41. The Labute approximate surface area is 174 Å². The van der Waals surface area contributed by atoms with Crippen molar-refractivity contribution in [3.63, 3.8) is 0 Å². The molecule has 8 nitrogen and oxygen atoms in total. The van der Waals surface area contributed by atoms with Crippen LogP contribution in [-0.4, -0.2) is 67.0 Å². The Bertz CT molecular complexity index is 980. The first-order valence-electron chi connectivity index (χ1n) is 9.84. The number of benzene rings is 1. The van der Waals surface area contributed by atoms with Crippen LogP contribution in [0.15, 0.2) is 46.6 Å². The smallest absolute Gasteiger partial charge is 0.295 e. The maximum Gasteiger partial charge on any atom is 0.295 e. The molecule has 0 radical (unpaired) electrons. The standard InChI is InChI=1S/C22H24N2O6/c1-23(2)8-4-9-24-19(16-5-3-10-28-16)18(21(26)22(24)27)20(25)14-6-7-15-17(13-14)30-12-11-29-15/h3,5-7,10,13,19,25H,4,8-9,11-12H2,1-2H3/b20-18-. The number of aliphatic hydroxyl groups is 1. The van der Waals surface area contributed by atoms with Gasteiger partial charge < -0.3 is 28.8 Å². The molecule has 0 saturated carbocycles. The van der Waals surface area contributed by atoms with Crippen LogP contribution in [0.2, 0.25) is 0 Å². The summed E-state index contributed by atoms with van der Waals surface area (Å²) in [4.78, 5) is 29.2. The van der Waals surface area contributed by atoms with E-state index >= 15 is 0 Å². The van der Waals surface area contributed by atoms with E-state index in [1.807, 2.05) is 19.0 Å². The Hall–Kier alpha value is -3.26. The van der Waals surface area contributed by atoms with Gasteiger partial charge in [0.15, 0.2) is 11.5 Å². The van der Waals surface area contributed by atoms with Crippen molar-refractivity contribution >= 4 is 17.4 Å². The van der Waals surface area contributed by atoms with Crippen LogP contribution < -0.4 is 9.47 Å². The number of rotatable bonds is 6. The zero-order valence-electron chi connectivity index (χ0n) is 17.0. The lowest BCUT2D eigenvalue weighted by Gasteiger charge is -2.24. The molecule has 1 amide bonds. The van der Waals surface area contributed by atoms with E-state index in [1.165, 1.54) is 11.2 Å². The summed E-state index contributed by atoms with van der Waals surface area (Å²) < 4.78 is 16.6. The number of furan rings is 1. The highest BCUT2D eigenvalue weighted by atomic mass is 16.6. The number of hydrogen-bond acceptors (Lipinski definition) is 7. The second-order valence-electron chi connectivity index (χ2n) is 7.52. The van der Waals surface area contributed by atoms with Gasteiger partial charge in [-0.25, -0.2) is 0 Å². The second-order valence-corrected chi connectivity index (χ2v) is 7.52. The summed E-state index contributed by atoms with van der Waals surface area (Å²) in [6.07, 6.45) is 2.17. The Morgan fingerprint density at radius 2 is 1.93 bits per heavy atom. The lowest BCUT2D eigenvalue weighted by atomic mass is 9.99. The molecular formula is C22H24N2O6. The minimum Gasteiger partial charge on any atom is -0.507 e. The number of ketones is 1. The van der Waals surface area contributed by atoms with Gasteiger partial charge in [0.05, 0.1) is 11.8 Å². The van der Waals surface area contributed by atoms with Gasteiger partial charge in [0.1, 0.15) is 30.8 Å². The van der Waals surface area contributed by atoms with Gasteiger partial charge in [0, 0.05) is 12.1 Å². The quantitative estimate of drug-likeness (QED) is 0.443. The molecule has 0 aliphatic carbocycles. The van der Waals surface area contributed by atoms with Crippen molar-refractivity contribution in [1.82, 2.24) is 9.80 Å². The van der Waals surface area contributed by atoms with Gasteiger partial charge in [0.2, 0.25) is 0 Å². The van der Waals surface area contributed by atoms with Crippen molar-refractivity contribution in [2.75, 3.05) is 40.4 Å². The zero-order valence-corrected chi connectivity index (χ0v) is 17.0.